The van der Waals surface area contributed by atoms with Gasteiger partial charge in [0.2, 0.25) is 5.89 Å². The molecule has 0 unspecified atom stereocenters. The van der Waals surface area contributed by atoms with Crippen LogP contribution in [0.2, 0.25) is 0 Å². The van der Waals surface area contributed by atoms with Crippen LogP contribution in [0.5, 0.6) is 0 Å². The summed E-state index contributed by atoms with van der Waals surface area (Å²) in [6.07, 6.45) is 2.70. The van der Waals surface area contributed by atoms with Gasteiger partial charge in [0.15, 0.2) is 5.82 Å². The van der Waals surface area contributed by atoms with Gasteiger partial charge in [-0.2, -0.15) is 4.98 Å². The van der Waals surface area contributed by atoms with Gasteiger partial charge in [-0.15, -0.1) is 0 Å². The summed E-state index contributed by atoms with van der Waals surface area (Å²) in [5.41, 5.74) is 2.41. The number of carboxylic acids is 1. The minimum Gasteiger partial charge on any atom is -0.478 e. The fraction of sp³-hybridized carbons (Fsp3) is 0.400. The minimum atomic E-state index is -0.910. The molecule has 1 aromatic heterocycles. The van der Waals surface area contributed by atoms with Crippen molar-refractivity contribution in [1.29, 1.82) is 0 Å². The van der Waals surface area contributed by atoms with E-state index < -0.39 is 5.97 Å². The second-order valence-electron chi connectivity index (χ2n) is 5.17. The summed E-state index contributed by atoms with van der Waals surface area (Å²) in [5.74, 6) is 0.394. The molecule has 0 saturated carbocycles. The highest BCUT2D eigenvalue weighted by molar-refractivity contribution is 5.89. The zero-order chi connectivity index (χ0) is 14.8. The Labute approximate surface area is 122 Å². The van der Waals surface area contributed by atoms with Gasteiger partial charge in [0.1, 0.15) is 0 Å². The lowest BCUT2D eigenvalue weighted by molar-refractivity contribution is 0.0697. The van der Waals surface area contributed by atoms with Gasteiger partial charge in [-0.3, -0.25) is 0 Å². The van der Waals surface area contributed by atoms with Crippen LogP contribution in [-0.4, -0.2) is 27.8 Å². The third-order valence-electron chi connectivity index (χ3n) is 3.63. The normalized spacial score (nSPS) is 13.5. The molecule has 110 valence electrons. The van der Waals surface area contributed by atoms with E-state index in [1.165, 1.54) is 0 Å². The average Bonchev–Trinajstić information content (AvgIpc) is 3.07. The van der Waals surface area contributed by atoms with Gasteiger partial charge < -0.3 is 14.5 Å². The van der Waals surface area contributed by atoms with E-state index in [1.807, 2.05) is 6.07 Å². The number of hydrogen-bond acceptors (Lipinski definition) is 5. The molecule has 3 rings (SSSR count). The molecule has 0 fully saturated rings. The molecule has 2 heterocycles. The van der Waals surface area contributed by atoms with E-state index >= 15 is 0 Å². The molecule has 0 bridgehead atoms. The monoisotopic (exact) mass is 287 g/mol. The zero-order valence-corrected chi connectivity index (χ0v) is 11.9. The second-order valence-corrected chi connectivity index (χ2v) is 5.17. The summed E-state index contributed by atoms with van der Waals surface area (Å²) < 4.78 is 5.25. The summed E-state index contributed by atoms with van der Waals surface area (Å²) in [6, 6.07) is 5.25. The maximum Gasteiger partial charge on any atom is 0.335 e. The Morgan fingerprint density at radius 2 is 2.33 bits per heavy atom. The molecule has 6 nitrogen and oxygen atoms in total. The molecule has 0 radical (unpaired) electrons. The van der Waals surface area contributed by atoms with Crippen LogP contribution in [0.25, 0.3) is 0 Å². The number of hydrogen-bond donors (Lipinski definition) is 1. The molecule has 1 N–H and O–H groups in total. The minimum absolute atomic E-state index is 0.304. The number of rotatable bonds is 5. The van der Waals surface area contributed by atoms with Crippen LogP contribution in [0.15, 0.2) is 22.7 Å². The van der Waals surface area contributed by atoms with E-state index in [-0.39, 0.29) is 0 Å². The standard InChI is InChI=1S/C15H17N3O3/c1-2-3-13-16-14(21-17-13)9-18-7-6-10-4-5-11(15(19)20)8-12(10)18/h4-5,8H,2-3,6-7,9H2,1H3,(H,19,20). The van der Waals surface area contributed by atoms with Crippen molar-refractivity contribution in [2.45, 2.75) is 32.7 Å². The van der Waals surface area contributed by atoms with Crippen LogP contribution in [-0.2, 0) is 19.4 Å². The van der Waals surface area contributed by atoms with E-state index in [2.05, 4.69) is 22.0 Å². The highest BCUT2D eigenvalue weighted by Gasteiger charge is 2.22. The molecule has 6 heteroatoms. The van der Waals surface area contributed by atoms with Crippen LogP contribution in [0, 0.1) is 0 Å². The largest absolute Gasteiger partial charge is 0.478 e. The Morgan fingerprint density at radius 1 is 1.48 bits per heavy atom. The number of carboxylic acid groups (broad SMARTS) is 1. The van der Waals surface area contributed by atoms with Gasteiger partial charge in [-0.05, 0) is 30.5 Å². The van der Waals surface area contributed by atoms with Gasteiger partial charge in [-0.1, -0.05) is 18.1 Å². The van der Waals surface area contributed by atoms with E-state index in [4.69, 9.17) is 9.63 Å². The van der Waals surface area contributed by atoms with Crippen molar-refractivity contribution in [2.75, 3.05) is 11.4 Å². The fourth-order valence-electron chi connectivity index (χ4n) is 2.59. The molecule has 0 aliphatic carbocycles. The van der Waals surface area contributed by atoms with Crippen LogP contribution in [0.3, 0.4) is 0 Å². The fourth-order valence-corrected chi connectivity index (χ4v) is 2.59. The zero-order valence-electron chi connectivity index (χ0n) is 11.9. The predicted octanol–water partition coefficient (Wildman–Crippen LogP) is 2.28. The quantitative estimate of drug-likeness (QED) is 0.908. The summed E-state index contributed by atoms with van der Waals surface area (Å²) in [7, 11) is 0. The van der Waals surface area contributed by atoms with Crippen molar-refractivity contribution < 1.29 is 14.4 Å². The maximum absolute atomic E-state index is 11.1. The molecule has 0 amide bonds. The van der Waals surface area contributed by atoms with Crippen molar-refractivity contribution in [3.63, 3.8) is 0 Å². The molecule has 1 aromatic carbocycles. The molecular formula is C15H17N3O3. The highest BCUT2D eigenvalue weighted by atomic mass is 16.5. The van der Waals surface area contributed by atoms with E-state index in [1.54, 1.807) is 12.1 Å². The smallest absolute Gasteiger partial charge is 0.335 e. The van der Waals surface area contributed by atoms with Crippen LogP contribution in [0.1, 0.15) is 41.0 Å². The third kappa shape index (κ3) is 2.74. The number of nitrogens with zero attached hydrogens (tertiary/aromatic N) is 3. The van der Waals surface area contributed by atoms with Crippen LogP contribution in [0.4, 0.5) is 5.69 Å². The van der Waals surface area contributed by atoms with Gasteiger partial charge in [0.05, 0.1) is 12.1 Å². The van der Waals surface area contributed by atoms with Crippen molar-refractivity contribution in [1.82, 2.24) is 10.1 Å². The molecule has 0 atom stereocenters. The summed E-state index contributed by atoms with van der Waals surface area (Å²) in [6.45, 7) is 3.43. The Morgan fingerprint density at radius 3 is 3.10 bits per heavy atom. The molecule has 0 saturated heterocycles. The van der Waals surface area contributed by atoms with Crippen molar-refractivity contribution in [3.05, 3.63) is 41.0 Å². The van der Waals surface area contributed by atoms with Crippen LogP contribution < -0.4 is 4.90 Å². The van der Waals surface area contributed by atoms with E-state index in [0.29, 0.717) is 18.0 Å². The Kier molecular flexibility index (Phi) is 3.60. The lowest BCUT2D eigenvalue weighted by Gasteiger charge is -2.17. The lowest BCUT2D eigenvalue weighted by Crippen LogP contribution is -2.20. The van der Waals surface area contributed by atoms with Crippen LogP contribution >= 0.6 is 0 Å². The van der Waals surface area contributed by atoms with Gasteiger partial charge >= 0.3 is 5.97 Å². The summed E-state index contributed by atoms with van der Waals surface area (Å²) >= 11 is 0. The third-order valence-corrected chi connectivity index (χ3v) is 3.63. The number of carbonyl (C=O) groups is 1. The van der Waals surface area contributed by atoms with E-state index in [0.717, 1.165) is 42.9 Å². The Balaban J connectivity index is 1.79. The number of anilines is 1. The number of aromatic nitrogens is 2. The first-order valence-electron chi connectivity index (χ1n) is 7.10. The van der Waals surface area contributed by atoms with Crippen molar-refractivity contribution >= 4 is 11.7 Å². The first kappa shape index (κ1) is 13.6. The SMILES string of the molecule is CCCc1noc(CN2CCc3ccc(C(=O)O)cc32)n1. The first-order chi connectivity index (χ1) is 10.2. The maximum atomic E-state index is 11.1. The Hall–Kier alpha value is -2.37. The molecule has 2 aromatic rings. The van der Waals surface area contributed by atoms with E-state index in [9.17, 15) is 4.79 Å². The number of benzene rings is 1. The first-order valence-corrected chi connectivity index (χ1v) is 7.10. The number of aromatic carboxylic acids is 1. The molecule has 1 aliphatic rings. The summed E-state index contributed by atoms with van der Waals surface area (Å²) in [5, 5.41) is 13.0. The molecule has 1 aliphatic heterocycles. The molecular weight excluding hydrogens is 270 g/mol. The molecule has 21 heavy (non-hydrogen) atoms. The van der Waals surface area contributed by atoms with Gasteiger partial charge in [0, 0.05) is 18.7 Å². The van der Waals surface area contributed by atoms with Crippen molar-refractivity contribution in [2.24, 2.45) is 0 Å². The molecule has 0 spiro atoms. The highest BCUT2D eigenvalue weighted by Crippen LogP contribution is 2.30. The van der Waals surface area contributed by atoms with Crippen molar-refractivity contribution in [3.8, 4) is 0 Å². The van der Waals surface area contributed by atoms with Gasteiger partial charge in [-0.25, -0.2) is 4.79 Å². The number of fused-ring (bicyclic) bond motifs is 1. The van der Waals surface area contributed by atoms with Gasteiger partial charge in [0.25, 0.3) is 0 Å². The Bertz CT molecular complexity index is 666. The summed E-state index contributed by atoms with van der Waals surface area (Å²) in [4.78, 5) is 17.5. The second kappa shape index (κ2) is 5.55. The average molecular weight is 287 g/mol. The lowest BCUT2D eigenvalue weighted by atomic mass is 10.1. The topological polar surface area (TPSA) is 79.5 Å². The number of aryl methyl sites for hydroxylation is 1. The predicted molar refractivity (Wildman–Crippen MR) is 76.4 cm³/mol.